The Balaban J connectivity index is 2.02. The van der Waals surface area contributed by atoms with Crippen molar-refractivity contribution in [2.45, 2.75) is 77.4 Å². The molecule has 1 fully saturated rings. The predicted octanol–water partition coefficient (Wildman–Crippen LogP) is 3.46. The van der Waals surface area contributed by atoms with Crippen LogP contribution < -0.4 is 0 Å². The summed E-state index contributed by atoms with van der Waals surface area (Å²) in [4.78, 5) is 11.5. The van der Waals surface area contributed by atoms with Crippen LogP contribution in [0.3, 0.4) is 0 Å². The van der Waals surface area contributed by atoms with Crippen molar-refractivity contribution in [1.29, 1.82) is 0 Å². The summed E-state index contributed by atoms with van der Waals surface area (Å²) in [7, 11) is 0. The highest BCUT2D eigenvalue weighted by Crippen LogP contribution is 2.18. The Hall–Kier alpha value is -0.570. The van der Waals surface area contributed by atoms with Crippen LogP contribution in [-0.2, 0) is 14.3 Å². The summed E-state index contributed by atoms with van der Waals surface area (Å²) < 4.78 is 10.9. The Kier molecular flexibility index (Phi) is 7.25. The van der Waals surface area contributed by atoms with E-state index >= 15 is 0 Å². The zero-order valence-electron chi connectivity index (χ0n) is 11.2. The van der Waals surface area contributed by atoms with Gasteiger partial charge in [0.2, 0.25) is 0 Å². The molecular weight excluding hydrogens is 216 g/mol. The fraction of sp³-hybridized carbons (Fsp3) is 0.929. The number of hydrogen-bond acceptors (Lipinski definition) is 3. The third-order valence-corrected chi connectivity index (χ3v) is 3.24. The molecule has 0 bridgehead atoms. The second-order valence-electron chi connectivity index (χ2n) is 4.97. The van der Waals surface area contributed by atoms with E-state index in [1.165, 1.54) is 6.42 Å². The fourth-order valence-corrected chi connectivity index (χ4v) is 2.15. The van der Waals surface area contributed by atoms with Crippen molar-refractivity contribution in [1.82, 2.24) is 0 Å². The molecule has 1 saturated heterocycles. The van der Waals surface area contributed by atoms with Crippen LogP contribution in [0.1, 0.15) is 65.2 Å². The van der Waals surface area contributed by atoms with Gasteiger partial charge in [-0.3, -0.25) is 4.79 Å². The quantitative estimate of drug-likeness (QED) is 0.483. The summed E-state index contributed by atoms with van der Waals surface area (Å²) in [5.41, 5.74) is 0. The van der Waals surface area contributed by atoms with Gasteiger partial charge in [0.1, 0.15) is 0 Å². The third kappa shape index (κ3) is 6.67. The van der Waals surface area contributed by atoms with Crippen molar-refractivity contribution >= 4 is 5.97 Å². The van der Waals surface area contributed by atoms with E-state index in [0.29, 0.717) is 12.5 Å². The molecule has 0 aromatic heterocycles. The van der Waals surface area contributed by atoms with Gasteiger partial charge >= 0.3 is 5.97 Å². The van der Waals surface area contributed by atoms with Crippen LogP contribution in [0.25, 0.3) is 0 Å². The molecule has 1 rings (SSSR count). The van der Waals surface area contributed by atoms with Crippen LogP contribution in [0.5, 0.6) is 0 Å². The van der Waals surface area contributed by atoms with Crippen LogP contribution in [0, 0.1) is 0 Å². The van der Waals surface area contributed by atoms with E-state index < -0.39 is 0 Å². The maximum absolute atomic E-state index is 11.5. The van der Waals surface area contributed by atoms with Crippen LogP contribution in [0.4, 0.5) is 0 Å². The molecule has 3 heteroatoms. The molecule has 1 aliphatic heterocycles. The molecule has 2 atom stereocenters. The molecule has 0 spiro atoms. The SMILES string of the molecule is CCCCCC(=O)O[C@@H](C)CC[C@@H]1CCCO1. The summed E-state index contributed by atoms with van der Waals surface area (Å²) in [6, 6.07) is 0. The molecule has 17 heavy (non-hydrogen) atoms. The Bertz CT molecular complexity index is 210. The molecule has 1 aliphatic rings. The van der Waals surface area contributed by atoms with Gasteiger partial charge in [0.25, 0.3) is 0 Å². The fourth-order valence-electron chi connectivity index (χ4n) is 2.15. The number of esters is 1. The number of unbranched alkanes of at least 4 members (excludes halogenated alkanes) is 2. The summed E-state index contributed by atoms with van der Waals surface area (Å²) in [6.45, 7) is 5.01. The van der Waals surface area contributed by atoms with Crippen LogP contribution in [-0.4, -0.2) is 24.8 Å². The lowest BCUT2D eigenvalue weighted by atomic mass is 10.1. The van der Waals surface area contributed by atoms with Gasteiger partial charge in [-0.25, -0.2) is 0 Å². The zero-order chi connectivity index (χ0) is 12.5. The average Bonchev–Trinajstić information content (AvgIpc) is 2.79. The third-order valence-electron chi connectivity index (χ3n) is 3.24. The van der Waals surface area contributed by atoms with Gasteiger partial charge in [0.05, 0.1) is 12.2 Å². The summed E-state index contributed by atoms with van der Waals surface area (Å²) >= 11 is 0. The number of hydrogen-bond donors (Lipinski definition) is 0. The maximum atomic E-state index is 11.5. The first-order valence-electron chi connectivity index (χ1n) is 7.03. The average molecular weight is 242 g/mol. The van der Waals surface area contributed by atoms with Gasteiger partial charge < -0.3 is 9.47 Å². The van der Waals surface area contributed by atoms with Crippen LogP contribution in [0.15, 0.2) is 0 Å². The lowest BCUT2D eigenvalue weighted by Gasteiger charge is -2.15. The van der Waals surface area contributed by atoms with Crippen molar-refractivity contribution in [2.24, 2.45) is 0 Å². The molecule has 1 heterocycles. The number of carbonyl (C=O) groups excluding carboxylic acids is 1. The molecule has 0 aromatic carbocycles. The number of carbonyl (C=O) groups is 1. The Morgan fingerprint density at radius 3 is 2.94 bits per heavy atom. The van der Waals surface area contributed by atoms with Gasteiger partial charge in [-0.1, -0.05) is 19.8 Å². The molecule has 0 N–H and O–H groups in total. The molecule has 3 nitrogen and oxygen atoms in total. The summed E-state index contributed by atoms with van der Waals surface area (Å²) in [5, 5.41) is 0. The lowest BCUT2D eigenvalue weighted by Crippen LogP contribution is -2.17. The molecule has 0 unspecified atom stereocenters. The first-order chi connectivity index (χ1) is 8.22. The first-order valence-corrected chi connectivity index (χ1v) is 7.03. The molecule has 0 aromatic rings. The van der Waals surface area contributed by atoms with E-state index in [2.05, 4.69) is 6.92 Å². The minimum Gasteiger partial charge on any atom is -0.463 e. The second-order valence-corrected chi connectivity index (χ2v) is 4.97. The van der Waals surface area contributed by atoms with E-state index in [-0.39, 0.29) is 12.1 Å². The molecule has 100 valence electrons. The second kappa shape index (κ2) is 8.51. The van der Waals surface area contributed by atoms with Gasteiger partial charge in [-0.2, -0.15) is 0 Å². The van der Waals surface area contributed by atoms with E-state index in [0.717, 1.165) is 45.1 Å². The van der Waals surface area contributed by atoms with E-state index in [1.807, 2.05) is 6.92 Å². The lowest BCUT2D eigenvalue weighted by molar-refractivity contribution is -0.148. The molecule has 0 saturated carbocycles. The Morgan fingerprint density at radius 1 is 1.47 bits per heavy atom. The zero-order valence-corrected chi connectivity index (χ0v) is 11.2. The number of rotatable bonds is 8. The Morgan fingerprint density at radius 2 is 2.29 bits per heavy atom. The maximum Gasteiger partial charge on any atom is 0.306 e. The molecule has 0 amide bonds. The predicted molar refractivity (Wildman–Crippen MR) is 67.9 cm³/mol. The standard InChI is InChI=1S/C14H26O3/c1-3-4-5-8-14(15)17-12(2)9-10-13-7-6-11-16-13/h12-13H,3-11H2,1-2H3/t12-,13-/m0/s1. The van der Waals surface area contributed by atoms with Crippen LogP contribution >= 0.6 is 0 Å². The molecule has 0 radical (unpaired) electrons. The topological polar surface area (TPSA) is 35.5 Å². The highest BCUT2D eigenvalue weighted by Gasteiger charge is 2.17. The van der Waals surface area contributed by atoms with E-state index in [9.17, 15) is 4.79 Å². The van der Waals surface area contributed by atoms with Gasteiger partial charge in [-0.05, 0) is 39.0 Å². The van der Waals surface area contributed by atoms with E-state index in [4.69, 9.17) is 9.47 Å². The minimum absolute atomic E-state index is 0.0355. The largest absolute Gasteiger partial charge is 0.463 e. The van der Waals surface area contributed by atoms with Gasteiger partial charge in [0, 0.05) is 13.0 Å². The molecule has 0 aliphatic carbocycles. The minimum atomic E-state index is -0.0432. The van der Waals surface area contributed by atoms with Crippen molar-refractivity contribution < 1.29 is 14.3 Å². The van der Waals surface area contributed by atoms with Crippen molar-refractivity contribution in [3.63, 3.8) is 0 Å². The van der Waals surface area contributed by atoms with Crippen molar-refractivity contribution in [3.05, 3.63) is 0 Å². The number of ether oxygens (including phenoxy) is 2. The molecular formula is C14H26O3. The smallest absolute Gasteiger partial charge is 0.306 e. The van der Waals surface area contributed by atoms with Crippen molar-refractivity contribution in [3.8, 4) is 0 Å². The highest BCUT2D eigenvalue weighted by molar-refractivity contribution is 5.69. The first kappa shape index (κ1) is 14.5. The van der Waals surface area contributed by atoms with Crippen LogP contribution in [0.2, 0.25) is 0 Å². The van der Waals surface area contributed by atoms with Gasteiger partial charge in [-0.15, -0.1) is 0 Å². The summed E-state index contributed by atoms with van der Waals surface area (Å²) in [6.07, 6.45) is 8.48. The van der Waals surface area contributed by atoms with Crippen molar-refractivity contribution in [2.75, 3.05) is 6.61 Å². The Labute approximate surface area is 105 Å². The monoisotopic (exact) mass is 242 g/mol. The van der Waals surface area contributed by atoms with Gasteiger partial charge in [0.15, 0.2) is 0 Å². The highest BCUT2D eigenvalue weighted by atomic mass is 16.5. The summed E-state index contributed by atoms with van der Waals surface area (Å²) in [5.74, 6) is -0.0432. The normalized spacial score (nSPS) is 21.4. The van der Waals surface area contributed by atoms with E-state index in [1.54, 1.807) is 0 Å².